The number of rotatable bonds is 8. The molecule has 3 atom stereocenters. The second-order valence-electron chi connectivity index (χ2n) is 7.58. The van der Waals surface area contributed by atoms with Gasteiger partial charge in [0.1, 0.15) is 5.54 Å². The van der Waals surface area contributed by atoms with Crippen molar-refractivity contribution in [2.24, 2.45) is 0 Å². The van der Waals surface area contributed by atoms with Gasteiger partial charge < -0.3 is 0 Å². The molecule has 2 aliphatic rings. The molecule has 2 aliphatic heterocycles. The molecular formula is C23H27NO2. The fourth-order valence-electron chi connectivity index (χ4n) is 4.51. The van der Waals surface area contributed by atoms with Crippen LogP contribution in [0.15, 0.2) is 60.7 Å². The Balaban J connectivity index is 1.52. The molecular weight excluding hydrogens is 322 g/mol. The summed E-state index contributed by atoms with van der Waals surface area (Å²) >= 11 is 0. The maximum atomic E-state index is 13.1. The minimum absolute atomic E-state index is 0.350. The SMILES string of the molecule is CCCC(=O)[C@]1(CCCc2ccccc2)CC[C@@]2(c3ccccc3)ON12. The van der Waals surface area contributed by atoms with E-state index in [-0.39, 0.29) is 5.72 Å². The molecule has 2 heterocycles. The predicted molar refractivity (Wildman–Crippen MR) is 102 cm³/mol. The summed E-state index contributed by atoms with van der Waals surface area (Å²) in [5.41, 5.74) is 1.71. The Bertz CT molecular complexity index is 760. The largest absolute Gasteiger partial charge is 0.298 e. The number of hydroxylamine groups is 2. The quantitative estimate of drug-likeness (QED) is 0.628. The van der Waals surface area contributed by atoms with Gasteiger partial charge in [0.05, 0.1) is 0 Å². The van der Waals surface area contributed by atoms with Gasteiger partial charge in [0.15, 0.2) is 11.5 Å². The van der Waals surface area contributed by atoms with Crippen LogP contribution < -0.4 is 0 Å². The fourth-order valence-corrected chi connectivity index (χ4v) is 4.51. The standard InChI is InChI=1S/C23H27NO2/c1-2-10-21(25)22(16-9-13-19-11-5-3-6-12-19)17-18-23(24(22)26-23)20-14-7-4-8-15-20/h3-8,11-12,14-15H,2,9-10,13,16-18H2,1H3/t22-,23-,24?/m0/s1. The molecule has 1 unspecified atom stereocenters. The third-order valence-corrected chi connectivity index (χ3v) is 5.92. The van der Waals surface area contributed by atoms with E-state index in [1.54, 1.807) is 0 Å². The van der Waals surface area contributed by atoms with Crippen molar-refractivity contribution in [2.45, 2.75) is 63.1 Å². The summed E-state index contributed by atoms with van der Waals surface area (Å²) in [6.07, 6.45) is 6.21. The number of Topliss-reactive ketones (excluding diaryl/α,β-unsaturated/α-hetero) is 1. The molecule has 0 amide bonds. The van der Waals surface area contributed by atoms with Crippen LogP contribution in [0.1, 0.15) is 56.6 Å². The number of carbonyl (C=O) groups excluding carboxylic acids is 1. The summed E-state index contributed by atoms with van der Waals surface area (Å²) in [4.78, 5) is 19.2. The Labute approximate surface area is 155 Å². The van der Waals surface area contributed by atoms with Gasteiger partial charge in [-0.2, -0.15) is 0 Å². The smallest absolute Gasteiger partial charge is 0.191 e. The molecule has 0 bridgehead atoms. The first-order valence-corrected chi connectivity index (χ1v) is 9.83. The number of hydrogen-bond acceptors (Lipinski definition) is 3. The third-order valence-electron chi connectivity index (χ3n) is 5.92. The van der Waals surface area contributed by atoms with Gasteiger partial charge in [-0.15, -0.1) is 5.06 Å². The average Bonchev–Trinajstić information content (AvgIpc) is 3.35. The average molecular weight is 349 g/mol. The van der Waals surface area contributed by atoms with Gasteiger partial charge in [-0.1, -0.05) is 67.6 Å². The molecule has 136 valence electrons. The molecule has 3 nitrogen and oxygen atoms in total. The van der Waals surface area contributed by atoms with Crippen LogP contribution in [0.3, 0.4) is 0 Å². The van der Waals surface area contributed by atoms with Crippen LogP contribution >= 0.6 is 0 Å². The van der Waals surface area contributed by atoms with E-state index in [1.807, 2.05) is 29.3 Å². The molecule has 2 saturated heterocycles. The molecule has 2 aromatic carbocycles. The van der Waals surface area contributed by atoms with Crippen LogP contribution in [0.2, 0.25) is 0 Å². The molecule has 0 saturated carbocycles. The van der Waals surface area contributed by atoms with E-state index < -0.39 is 5.54 Å². The zero-order valence-electron chi connectivity index (χ0n) is 15.5. The van der Waals surface area contributed by atoms with Gasteiger partial charge in [0.2, 0.25) is 0 Å². The number of ketones is 1. The molecule has 0 N–H and O–H groups in total. The Kier molecular flexibility index (Phi) is 4.68. The third kappa shape index (κ3) is 2.89. The van der Waals surface area contributed by atoms with Crippen molar-refractivity contribution in [3.05, 3.63) is 71.8 Å². The summed E-state index contributed by atoms with van der Waals surface area (Å²) in [6.45, 7) is 2.08. The highest BCUT2D eigenvalue weighted by atomic mass is 16.9. The Hall–Kier alpha value is -1.97. The van der Waals surface area contributed by atoms with Gasteiger partial charge in [-0.05, 0) is 37.7 Å². The van der Waals surface area contributed by atoms with E-state index in [2.05, 4.69) is 43.3 Å². The Morgan fingerprint density at radius 2 is 1.73 bits per heavy atom. The number of benzene rings is 2. The molecule has 0 aliphatic carbocycles. The molecule has 0 spiro atoms. The van der Waals surface area contributed by atoms with E-state index in [9.17, 15) is 4.79 Å². The molecule has 0 aromatic heterocycles. The Morgan fingerprint density at radius 3 is 2.38 bits per heavy atom. The lowest BCUT2D eigenvalue weighted by Crippen LogP contribution is -2.44. The van der Waals surface area contributed by atoms with Gasteiger partial charge in [0, 0.05) is 18.4 Å². The highest BCUT2D eigenvalue weighted by Gasteiger charge is 2.71. The van der Waals surface area contributed by atoms with Crippen LogP contribution in [0, 0.1) is 0 Å². The highest BCUT2D eigenvalue weighted by Crippen LogP contribution is 2.62. The molecule has 0 radical (unpaired) electrons. The van der Waals surface area contributed by atoms with E-state index in [0.29, 0.717) is 12.2 Å². The van der Waals surface area contributed by atoms with Gasteiger partial charge in [-0.3, -0.25) is 9.63 Å². The number of hydrogen-bond donors (Lipinski definition) is 0. The van der Waals surface area contributed by atoms with Gasteiger partial charge >= 0.3 is 0 Å². The van der Waals surface area contributed by atoms with Crippen molar-refractivity contribution in [1.29, 1.82) is 0 Å². The number of nitrogens with zero attached hydrogens (tertiary/aromatic N) is 1. The zero-order valence-corrected chi connectivity index (χ0v) is 15.5. The second kappa shape index (κ2) is 6.98. The minimum atomic E-state index is -0.444. The van der Waals surface area contributed by atoms with Crippen LogP contribution in [-0.4, -0.2) is 16.4 Å². The number of carbonyl (C=O) groups is 1. The normalized spacial score (nSPS) is 29.3. The molecule has 4 rings (SSSR count). The highest BCUT2D eigenvalue weighted by molar-refractivity contribution is 5.89. The lowest BCUT2D eigenvalue weighted by molar-refractivity contribution is -0.132. The lowest BCUT2D eigenvalue weighted by Gasteiger charge is -2.28. The Morgan fingerprint density at radius 1 is 1.04 bits per heavy atom. The van der Waals surface area contributed by atoms with Crippen LogP contribution in [0.25, 0.3) is 0 Å². The topological polar surface area (TPSA) is 32.6 Å². The van der Waals surface area contributed by atoms with Crippen molar-refractivity contribution in [1.82, 2.24) is 5.06 Å². The molecule has 3 heteroatoms. The fraction of sp³-hybridized carbons (Fsp3) is 0.435. The number of aryl methyl sites for hydroxylation is 1. The summed E-state index contributed by atoms with van der Waals surface area (Å²) in [7, 11) is 0. The van der Waals surface area contributed by atoms with Crippen molar-refractivity contribution >= 4 is 5.78 Å². The predicted octanol–water partition coefficient (Wildman–Crippen LogP) is 5.01. The lowest BCUT2D eigenvalue weighted by atomic mass is 9.83. The van der Waals surface area contributed by atoms with Gasteiger partial charge in [-0.25, -0.2) is 0 Å². The van der Waals surface area contributed by atoms with E-state index in [0.717, 1.165) is 38.5 Å². The first-order valence-electron chi connectivity index (χ1n) is 9.83. The first-order chi connectivity index (χ1) is 12.7. The number of fused-ring (bicyclic) bond motifs is 1. The van der Waals surface area contributed by atoms with E-state index in [4.69, 9.17) is 4.84 Å². The van der Waals surface area contributed by atoms with Crippen molar-refractivity contribution in [3.63, 3.8) is 0 Å². The maximum absolute atomic E-state index is 13.1. The molecule has 2 fully saturated rings. The summed E-state index contributed by atoms with van der Waals surface area (Å²) in [5, 5.41) is 2.04. The van der Waals surface area contributed by atoms with Crippen molar-refractivity contribution < 1.29 is 9.63 Å². The van der Waals surface area contributed by atoms with Gasteiger partial charge in [0.25, 0.3) is 0 Å². The summed E-state index contributed by atoms with van der Waals surface area (Å²) < 4.78 is 0. The molecule has 2 aromatic rings. The van der Waals surface area contributed by atoms with E-state index in [1.165, 1.54) is 11.1 Å². The van der Waals surface area contributed by atoms with Crippen molar-refractivity contribution in [2.75, 3.05) is 0 Å². The van der Waals surface area contributed by atoms with Crippen molar-refractivity contribution in [3.8, 4) is 0 Å². The maximum Gasteiger partial charge on any atom is 0.191 e. The van der Waals surface area contributed by atoms with Crippen LogP contribution in [0.4, 0.5) is 0 Å². The first kappa shape index (κ1) is 17.4. The second-order valence-corrected chi connectivity index (χ2v) is 7.58. The minimum Gasteiger partial charge on any atom is -0.298 e. The zero-order chi connectivity index (χ0) is 18.0. The molecule has 26 heavy (non-hydrogen) atoms. The van der Waals surface area contributed by atoms with Crippen LogP contribution in [-0.2, 0) is 21.8 Å². The summed E-state index contributed by atoms with van der Waals surface area (Å²) in [5.74, 6) is 0.350. The monoisotopic (exact) mass is 349 g/mol. The summed E-state index contributed by atoms with van der Waals surface area (Å²) in [6, 6.07) is 20.9. The van der Waals surface area contributed by atoms with Crippen LogP contribution in [0.5, 0.6) is 0 Å². The van der Waals surface area contributed by atoms with E-state index >= 15 is 0 Å².